The Morgan fingerprint density at radius 2 is 1.85 bits per heavy atom. The van der Waals surface area contributed by atoms with Crippen molar-refractivity contribution < 1.29 is 14.7 Å². The molecule has 0 saturated carbocycles. The van der Waals surface area contributed by atoms with E-state index in [9.17, 15) is 14.7 Å². The number of carboxylic acid groups (broad SMARTS) is 1. The molecular formula is C22H34N2O3. The van der Waals surface area contributed by atoms with Crippen LogP contribution in [0.4, 0.5) is 5.69 Å². The smallest absolute Gasteiger partial charge is 0.303 e. The van der Waals surface area contributed by atoms with Gasteiger partial charge in [0.2, 0.25) is 5.91 Å². The van der Waals surface area contributed by atoms with E-state index in [-0.39, 0.29) is 29.6 Å². The van der Waals surface area contributed by atoms with Crippen LogP contribution < -0.4 is 4.90 Å². The van der Waals surface area contributed by atoms with E-state index in [4.69, 9.17) is 0 Å². The summed E-state index contributed by atoms with van der Waals surface area (Å²) in [7, 11) is 2.06. The maximum Gasteiger partial charge on any atom is 0.303 e. The van der Waals surface area contributed by atoms with Gasteiger partial charge in [0.25, 0.3) is 0 Å². The Kier molecular flexibility index (Phi) is 7.28. The number of rotatable bonds is 7. The van der Waals surface area contributed by atoms with Crippen molar-refractivity contribution in [3.05, 3.63) is 30.3 Å². The molecule has 2 rings (SSSR count). The molecule has 5 nitrogen and oxygen atoms in total. The van der Waals surface area contributed by atoms with E-state index < -0.39 is 5.97 Å². The van der Waals surface area contributed by atoms with E-state index >= 15 is 0 Å². The standard InChI is InChI=1S/C22H34N2O3/c1-22(2,3)15-20(25)24-13-11-17(14-21(26)27)18(16-24)10-12-23(4)19-8-6-5-7-9-19/h5-9,17-18H,10-16H2,1-4H3,(H,26,27)/t17-,18-/m0/s1. The average molecular weight is 375 g/mol. The molecule has 2 atom stereocenters. The van der Waals surface area contributed by atoms with Crippen LogP contribution in [0.15, 0.2) is 30.3 Å². The van der Waals surface area contributed by atoms with E-state index in [1.165, 1.54) is 0 Å². The monoisotopic (exact) mass is 374 g/mol. The highest BCUT2D eigenvalue weighted by Gasteiger charge is 2.33. The minimum Gasteiger partial charge on any atom is -0.481 e. The highest BCUT2D eigenvalue weighted by Crippen LogP contribution is 2.31. The molecule has 1 heterocycles. The maximum atomic E-state index is 12.6. The van der Waals surface area contributed by atoms with Crippen LogP contribution in [0.2, 0.25) is 0 Å². The van der Waals surface area contributed by atoms with Gasteiger partial charge in [0.05, 0.1) is 0 Å². The molecule has 0 aliphatic carbocycles. The fraction of sp³-hybridized carbons (Fsp3) is 0.636. The number of piperidine rings is 1. The first-order valence-corrected chi connectivity index (χ1v) is 9.91. The predicted octanol–water partition coefficient (Wildman–Crippen LogP) is 3.89. The third kappa shape index (κ3) is 6.89. The van der Waals surface area contributed by atoms with Gasteiger partial charge in [0, 0.05) is 45.2 Å². The number of likely N-dealkylation sites (tertiary alicyclic amines) is 1. The number of aliphatic carboxylic acids is 1. The quantitative estimate of drug-likeness (QED) is 0.787. The molecule has 1 saturated heterocycles. The molecule has 0 bridgehead atoms. The van der Waals surface area contributed by atoms with E-state index in [0.717, 1.165) is 25.1 Å². The minimum atomic E-state index is -0.740. The van der Waals surface area contributed by atoms with Crippen LogP contribution in [0.25, 0.3) is 0 Å². The van der Waals surface area contributed by atoms with E-state index in [2.05, 4.69) is 44.9 Å². The molecule has 1 N–H and O–H groups in total. The Morgan fingerprint density at radius 1 is 1.19 bits per heavy atom. The number of para-hydroxylation sites is 1. The third-order valence-corrected chi connectivity index (χ3v) is 5.39. The zero-order valence-corrected chi connectivity index (χ0v) is 17.1. The fourth-order valence-electron chi connectivity index (χ4n) is 3.86. The number of amides is 1. The topological polar surface area (TPSA) is 60.9 Å². The molecule has 0 unspecified atom stereocenters. The molecular weight excluding hydrogens is 340 g/mol. The van der Waals surface area contributed by atoms with Crippen LogP contribution in [0.5, 0.6) is 0 Å². The van der Waals surface area contributed by atoms with Crippen LogP contribution >= 0.6 is 0 Å². The lowest BCUT2D eigenvalue weighted by Gasteiger charge is -2.40. The summed E-state index contributed by atoms with van der Waals surface area (Å²) in [5.41, 5.74) is 1.13. The van der Waals surface area contributed by atoms with Gasteiger partial charge in [-0.2, -0.15) is 0 Å². The number of hydrogen-bond donors (Lipinski definition) is 1. The molecule has 1 fully saturated rings. The van der Waals surface area contributed by atoms with Gasteiger partial charge in [-0.05, 0) is 42.2 Å². The maximum absolute atomic E-state index is 12.6. The van der Waals surface area contributed by atoms with E-state index in [1.54, 1.807) is 0 Å². The molecule has 0 radical (unpaired) electrons. The Hall–Kier alpha value is -2.04. The molecule has 0 aromatic heterocycles. The third-order valence-electron chi connectivity index (χ3n) is 5.39. The van der Waals surface area contributed by atoms with E-state index in [1.807, 2.05) is 23.1 Å². The molecule has 1 aliphatic heterocycles. The van der Waals surface area contributed by atoms with Crippen molar-refractivity contribution >= 4 is 17.6 Å². The van der Waals surface area contributed by atoms with Crippen LogP contribution in [-0.4, -0.2) is 48.6 Å². The van der Waals surface area contributed by atoms with Crippen molar-refractivity contribution in [2.24, 2.45) is 17.3 Å². The zero-order valence-electron chi connectivity index (χ0n) is 17.1. The highest BCUT2D eigenvalue weighted by atomic mass is 16.4. The Balaban J connectivity index is 2.00. The molecule has 0 spiro atoms. The molecule has 1 aromatic carbocycles. The second kappa shape index (κ2) is 9.25. The highest BCUT2D eigenvalue weighted by molar-refractivity contribution is 5.77. The Morgan fingerprint density at radius 3 is 2.44 bits per heavy atom. The molecule has 27 heavy (non-hydrogen) atoms. The number of nitrogens with zero attached hydrogens (tertiary/aromatic N) is 2. The van der Waals surface area contributed by atoms with E-state index in [0.29, 0.717) is 19.5 Å². The van der Waals surface area contributed by atoms with Crippen molar-refractivity contribution in [3.63, 3.8) is 0 Å². The van der Waals surface area contributed by atoms with Crippen molar-refractivity contribution in [1.29, 1.82) is 0 Å². The van der Waals surface area contributed by atoms with Gasteiger partial charge < -0.3 is 14.9 Å². The van der Waals surface area contributed by atoms with Crippen LogP contribution in [-0.2, 0) is 9.59 Å². The summed E-state index contributed by atoms with van der Waals surface area (Å²) in [6, 6.07) is 10.2. The minimum absolute atomic E-state index is 0.0297. The van der Waals surface area contributed by atoms with Crippen LogP contribution in [0.1, 0.15) is 46.5 Å². The van der Waals surface area contributed by atoms with Gasteiger partial charge in [0.1, 0.15) is 0 Å². The second-order valence-electron chi connectivity index (χ2n) is 9.03. The number of carbonyl (C=O) groups excluding carboxylic acids is 1. The second-order valence-corrected chi connectivity index (χ2v) is 9.03. The number of benzene rings is 1. The van der Waals surface area contributed by atoms with Gasteiger partial charge in [-0.3, -0.25) is 9.59 Å². The molecule has 1 aromatic rings. The van der Waals surface area contributed by atoms with Gasteiger partial charge in [0.15, 0.2) is 0 Å². The van der Waals surface area contributed by atoms with Gasteiger partial charge in [-0.1, -0.05) is 39.0 Å². The number of carbonyl (C=O) groups is 2. The predicted molar refractivity (Wildman–Crippen MR) is 109 cm³/mol. The van der Waals surface area contributed by atoms with Crippen LogP contribution in [0.3, 0.4) is 0 Å². The Labute approximate surface area is 163 Å². The van der Waals surface area contributed by atoms with Gasteiger partial charge in [-0.25, -0.2) is 0 Å². The van der Waals surface area contributed by atoms with Crippen molar-refractivity contribution in [3.8, 4) is 0 Å². The molecule has 1 amide bonds. The van der Waals surface area contributed by atoms with Gasteiger partial charge in [-0.15, -0.1) is 0 Å². The SMILES string of the molecule is CN(CC[C@H]1CN(C(=O)CC(C)(C)C)CC[C@H]1CC(=O)O)c1ccccc1. The Bertz CT molecular complexity index is 624. The lowest BCUT2D eigenvalue weighted by molar-refractivity contribution is -0.140. The lowest BCUT2D eigenvalue weighted by Crippen LogP contribution is -2.46. The number of carboxylic acids is 1. The molecule has 1 aliphatic rings. The first-order chi connectivity index (χ1) is 12.7. The first kappa shape index (κ1) is 21.3. The fourth-order valence-corrected chi connectivity index (χ4v) is 3.86. The van der Waals surface area contributed by atoms with Gasteiger partial charge >= 0.3 is 5.97 Å². The summed E-state index contributed by atoms with van der Waals surface area (Å²) in [5, 5.41) is 9.28. The summed E-state index contributed by atoms with van der Waals surface area (Å²) in [5.74, 6) is -0.177. The van der Waals surface area contributed by atoms with Crippen molar-refractivity contribution in [2.75, 3.05) is 31.6 Å². The zero-order chi connectivity index (χ0) is 20.0. The molecule has 150 valence electrons. The largest absolute Gasteiger partial charge is 0.481 e. The first-order valence-electron chi connectivity index (χ1n) is 9.91. The average Bonchev–Trinajstić information content (AvgIpc) is 2.59. The summed E-state index contributed by atoms with van der Waals surface area (Å²) >= 11 is 0. The van der Waals surface area contributed by atoms with Crippen molar-refractivity contribution in [2.45, 2.75) is 46.5 Å². The lowest BCUT2D eigenvalue weighted by atomic mass is 9.80. The summed E-state index contributed by atoms with van der Waals surface area (Å²) in [6.07, 6.45) is 2.40. The normalized spacial score (nSPS) is 20.4. The summed E-state index contributed by atoms with van der Waals surface area (Å²) in [4.78, 5) is 28.1. The van der Waals surface area contributed by atoms with Crippen LogP contribution in [0, 0.1) is 17.3 Å². The van der Waals surface area contributed by atoms with Crippen molar-refractivity contribution in [1.82, 2.24) is 4.90 Å². The summed E-state index contributed by atoms with van der Waals surface area (Å²) in [6.45, 7) is 8.44. The summed E-state index contributed by atoms with van der Waals surface area (Å²) < 4.78 is 0. The number of hydrogen-bond acceptors (Lipinski definition) is 3. The molecule has 5 heteroatoms. The number of anilines is 1.